The van der Waals surface area contributed by atoms with Gasteiger partial charge in [-0.15, -0.1) is 11.3 Å². The van der Waals surface area contributed by atoms with Crippen molar-refractivity contribution in [3.05, 3.63) is 40.9 Å². The van der Waals surface area contributed by atoms with Crippen LogP contribution < -0.4 is 5.32 Å². The summed E-state index contributed by atoms with van der Waals surface area (Å²) in [6.07, 6.45) is 1.01. The van der Waals surface area contributed by atoms with Gasteiger partial charge in [0.15, 0.2) is 10.8 Å². The number of hydrogen-bond donors (Lipinski definition) is 1. The van der Waals surface area contributed by atoms with E-state index in [0.29, 0.717) is 30.5 Å². The van der Waals surface area contributed by atoms with Crippen molar-refractivity contribution >= 4 is 38.4 Å². The third-order valence-electron chi connectivity index (χ3n) is 4.80. The van der Waals surface area contributed by atoms with E-state index in [4.69, 9.17) is 4.74 Å². The van der Waals surface area contributed by atoms with Crippen LogP contribution in [-0.2, 0) is 14.8 Å². The molecule has 1 aromatic heterocycles. The van der Waals surface area contributed by atoms with E-state index in [1.807, 2.05) is 0 Å². The number of nitrogens with zero attached hydrogens (tertiary/aromatic N) is 2. The van der Waals surface area contributed by atoms with E-state index in [1.54, 1.807) is 6.92 Å². The summed E-state index contributed by atoms with van der Waals surface area (Å²) in [5.41, 5.74) is 0.422. The molecule has 1 saturated heterocycles. The quantitative estimate of drug-likeness (QED) is 0.676. The molecule has 0 aliphatic carbocycles. The lowest BCUT2D eigenvalue weighted by atomic mass is 9.94. The Balaban J connectivity index is 1.69. The SMILES string of the molecule is CCOC(=O)c1csc(NC(=O)c2ccc(S(=O)(=O)N3C[C@H](C)C[C@H](C)C3)cc2)n1. The molecule has 1 aliphatic heterocycles. The molecular formula is C20H25N3O5S2. The van der Waals surface area contributed by atoms with E-state index < -0.39 is 21.9 Å². The fraction of sp³-hybridized carbons (Fsp3) is 0.450. The summed E-state index contributed by atoms with van der Waals surface area (Å²) in [5.74, 6) is -0.369. The maximum atomic E-state index is 12.9. The molecule has 162 valence electrons. The Hall–Kier alpha value is -2.30. The molecule has 30 heavy (non-hydrogen) atoms. The van der Waals surface area contributed by atoms with Crippen LogP contribution in [0.1, 0.15) is 48.0 Å². The summed E-state index contributed by atoms with van der Waals surface area (Å²) in [6, 6.07) is 5.83. The van der Waals surface area contributed by atoms with Gasteiger partial charge in [-0.2, -0.15) is 4.31 Å². The lowest BCUT2D eigenvalue weighted by Crippen LogP contribution is -2.42. The van der Waals surface area contributed by atoms with Crippen LogP contribution in [0.25, 0.3) is 0 Å². The number of piperidine rings is 1. The average Bonchev–Trinajstić information content (AvgIpc) is 3.16. The van der Waals surface area contributed by atoms with Gasteiger partial charge in [0.1, 0.15) is 0 Å². The number of benzene rings is 1. The molecule has 1 fully saturated rings. The molecule has 8 nitrogen and oxygen atoms in total. The van der Waals surface area contributed by atoms with Gasteiger partial charge in [-0.05, 0) is 49.4 Å². The Labute approximate surface area is 180 Å². The Morgan fingerprint density at radius 2 is 1.83 bits per heavy atom. The summed E-state index contributed by atoms with van der Waals surface area (Å²) in [6.45, 7) is 7.05. The van der Waals surface area contributed by atoms with Crippen molar-refractivity contribution in [2.75, 3.05) is 25.0 Å². The van der Waals surface area contributed by atoms with E-state index >= 15 is 0 Å². The van der Waals surface area contributed by atoms with Gasteiger partial charge < -0.3 is 4.74 Å². The molecule has 0 spiro atoms. The molecule has 1 aliphatic rings. The standard InChI is InChI=1S/C20H25N3O5S2/c1-4-28-19(25)17-12-29-20(21-17)22-18(24)15-5-7-16(8-6-15)30(26,27)23-10-13(2)9-14(3)11-23/h5-8,12-14H,4,9-11H2,1-3H3,(H,21,22,24)/t13-,14+. The van der Waals surface area contributed by atoms with Gasteiger partial charge in [-0.3, -0.25) is 10.1 Å². The Kier molecular flexibility index (Phi) is 6.89. The highest BCUT2D eigenvalue weighted by Gasteiger charge is 2.31. The van der Waals surface area contributed by atoms with Crippen LogP contribution in [0.5, 0.6) is 0 Å². The molecular weight excluding hydrogens is 426 g/mol. The maximum absolute atomic E-state index is 12.9. The number of anilines is 1. The van der Waals surface area contributed by atoms with Crippen LogP contribution in [0.3, 0.4) is 0 Å². The van der Waals surface area contributed by atoms with Crippen molar-refractivity contribution < 1.29 is 22.7 Å². The van der Waals surface area contributed by atoms with Crippen LogP contribution in [0.2, 0.25) is 0 Å². The largest absolute Gasteiger partial charge is 0.461 e. The van der Waals surface area contributed by atoms with Gasteiger partial charge in [-0.1, -0.05) is 13.8 Å². The summed E-state index contributed by atoms with van der Waals surface area (Å²) in [4.78, 5) is 28.3. The Morgan fingerprint density at radius 1 is 1.20 bits per heavy atom. The number of carbonyl (C=O) groups excluding carboxylic acids is 2. The molecule has 1 aromatic carbocycles. The van der Waals surface area contributed by atoms with Gasteiger partial charge in [0.05, 0.1) is 11.5 Å². The van der Waals surface area contributed by atoms with E-state index in [-0.39, 0.29) is 22.3 Å². The predicted octanol–water partition coefficient (Wildman–Crippen LogP) is 3.24. The van der Waals surface area contributed by atoms with Crippen LogP contribution in [0.15, 0.2) is 34.5 Å². The lowest BCUT2D eigenvalue weighted by molar-refractivity contribution is 0.0520. The number of carbonyl (C=O) groups is 2. The number of rotatable bonds is 6. The number of ether oxygens (including phenoxy) is 1. The molecule has 1 N–H and O–H groups in total. The minimum atomic E-state index is -3.60. The highest BCUT2D eigenvalue weighted by atomic mass is 32.2. The number of nitrogens with one attached hydrogen (secondary N) is 1. The lowest BCUT2D eigenvalue weighted by Gasteiger charge is -2.34. The maximum Gasteiger partial charge on any atom is 0.357 e. The Bertz CT molecular complexity index is 1010. The normalized spacial score (nSPS) is 20.0. The number of thiazole rings is 1. The van der Waals surface area contributed by atoms with Gasteiger partial charge >= 0.3 is 5.97 Å². The minimum absolute atomic E-state index is 0.128. The zero-order valence-electron chi connectivity index (χ0n) is 17.1. The van der Waals surface area contributed by atoms with Crippen molar-refractivity contribution in [2.24, 2.45) is 11.8 Å². The molecule has 2 aromatic rings. The first-order chi connectivity index (χ1) is 14.2. The van der Waals surface area contributed by atoms with Crippen molar-refractivity contribution in [2.45, 2.75) is 32.1 Å². The summed E-state index contributed by atoms with van der Waals surface area (Å²) < 4.78 is 32.3. The molecule has 0 saturated carbocycles. The minimum Gasteiger partial charge on any atom is -0.461 e. The number of amides is 1. The highest BCUT2D eigenvalue weighted by molar-refractivity contribution is 7.89. The van der Waals surface area contributed by atoms with Gasteiger partial charge in [-0.25, -0.2) is 18.2 Å². The van der Waals surface area contributed by atoms with Crippen LogP contribution in [0.4, 0.5) is 5.13 Å². The van der Waals surface area contributed by atoms with E-state index in [9.17, 15) is 18.0 Å². The zero-order chi connectivity index (χ0) is 21.9. The topological polar surface area (TPSA) is 106 Å². The second-order valence-electron chi connectivity index (χ2n) is 7.50. The van der Waals surface area contributed by atoms with Crippen molar-refractivity contribution in [1.82, 2.24) is 9.29 Å². The number of esters is 1. The molecule has 2 atom stereocenters. The third kappa shape index (κ3) is 5.05. The van der Waals surface area contributed by atoms with Crippen LogP contribution in [-0.4, -0.2) is 49.3 Å². The van der Waals surface area contributed by atoms with Gasteiger partial charge in [0.2, 0.25) is 10.0 Å². The highest BCUT2D eigenvalue weighted by Crippen LogP contribution is 2.27. The number of hydrogen-bond acceptors (Lipinski definition) is 7. The molecule has 0 bridgehead atoms. The van der Waals surface area contributed by atoms with Crippen molar-refractivity contribution in [3.8, 4) is 0 Å². The van der Waals surface area contributed by atoms with Crippen molar-refractivity contribution in [1.29, 1.82) is 0 Å². The summed E-state index contributed by atoms with van der Waals surface area (Å²) >= 11 is 1.11. The first-order valence-corrected chi connectivity index (χ1v) is 12.1. The van der Waals surface area contributed by atoms with Crippen molar-refractivity contribution in [3.63, 3.8) is 0 Å². The van der Waals surface area contributed by atoms with E-state index in [1.165, 1.54) is 34.0 Å². The fourth-order valence-corrected chi connectivity index (χ4v) is 5.88. The van der Waals surface area contributed by atoms with Crippen LogP contribution >= 0.6 is 11.3 Å². The van der Waals surface area contributed by atoms with E-state index in [0.717, 1.165) is 17.8 Å². The molecule has 2 heterocycles. The van der Waals surface area contributed by atoms with Gasteiger partial charge in [0, 0.05) is 24.0 Å². The zero-order valence-corrected chi connectivity index (χ0v) is 18.8. The summed E-state index contributed by atoms with van der Waals surface area (Å²) in [7, 11) is -3.60. The average molecular weight is 452 g/mol. The molecule has 0 radical (unpaired) electrons. The monoisotopic (exact) mass is 451 g/mol. The second kappa shape index (κ2) is 9.23. The first-order valence-electron chi connectivity index (χ1n) is 9.75. The molecule has 1 amide bonds. The smallest absolute Gasteiger partial charge is 0.357 e. The predicted molar refractivity (Wildman–Crippen MR) is 114 cm³/mol. The van der Waals surface area contributed by atoms with Crippen LogP contribution in [0, 0.1) is 11.8 Å². The number of aromatic nitrogens is 1. The second-order valence-corrected chi connectivity index (χ2v) is 10.3. The molecule has 0 unspecified atom stereocenters. The third-order valence-corrected chi connectivity index (χ3v) is 7.40. The van der Waals surface area contributed by atoms with Gasteiger partial charge in [0.25, 0.3) is 5.91 Å². The molecule has 10 heteroatoms. The summed E-state index contributed by atoms with van der Waals surface area (Å²) in [5, 5.41) is 4.37. The first kappa shape index (κ1) is 22.4. The Morgan fingerprint density at radius 3 is 2.43 bits per heavy atom. The van der Waals surface area contributed by atoms with E-state index in [2.05, 4.69) is 24.1 Å². The fourth-order valence-electron chi connectivity index (χ4n) is 3.53. The molecule has 3 rings (SSSR count). The number of sulfonamides is 1.